The number of nitrogens with zero attached hydrogens (tertiary/aromatic N) is 2. The smallest absolute Gasteiger partial charge is 0.191 e. The highest BCUT2D eigenvalue weighted by atomic mass is 15.2. The Morgan fingerprint density at radius 2 is 1.88 bits per heavy atom. The van der Waals surface area contributed by atoms with Crippen molar-refractivity contribution in [2.45, 2.75) is 19.9 Å². The third-order valence-corrected chi connectivity index (χ3v) is 4.22. The van der Waals surface area contributed by atoms with Gasteiger partial charge in [-0.2, -0.15) is 0 Å². The lowest BCUT2D eigenvalue weighted by atomic mass is 10.0. The van der Waals surface area contributed by atoms with E-state index in [9.17, 15) is 0 Å². The van der Waals surface area contributed by atoms with Crippen molar-refractivity contribution in [2.24, 2.45) is 12.0 Å². The van der Waals surface area contributed by atoms with Crippen molar-refractivity contribution >= 4 is 16.7 Å². The van der Waals surface area contributed by atoms with Crippen molar-refractivity contribution in [1.82, 2.24) is 15.2 Å². The van der Waals surface area contributed by atoms with Crippen LogP contribution >= 0.6 is 0 Å². The topological polar surface area (TPSA) is 41.4 Å². The van der Waals surface area contributed by atoms with E-state index in [0.29, 0.717) is 6.54 Å². The summed E-state index contributed by atoms with van der Waals surface area (Å²) in [7, 11) is 2.03. The number of benzene rings is 2. The van der Waals surface area contributed by atoms with Crippen molar-refractivity contribution < 1.29 is 0 Å². The van der Waals surface area contributed by atoms with Crippen LogP contribution in [0, 0.1) is 0 Å². The highest BCUT2D eigenvalue weighted by Crippen LogP contribution is 2.18. The number of aromatic nitrogens is 1. The molecule has 0 saturated carbocycles. The highest BCUT2D eigenvalue weighted by molar-refractivity contribution is 5.85. The van der Waals surface area contributed by atoms with E-state index in [-0.39, 0.29) is 0 Å². The summed E-state index contributed by atoms with van der Waals surface area (Å²) in [6.07, 6.45) is 5.12. The minimum atomic E-state index is 0.685. The fourth-order valence-electron chi connectivity index (χ4n) is 2.99. The van der Waals surface area contributed by atoms with Gasteiger partial charge in [-0.15, -0.1) is 0 Å². The van der Waals surface area contributed by atoms with Crippen molar-refractivity contribution in [2.75, 3.05) is 13.1 Å². The first kappa shape index (κ1) is 17.1. The van der Waals surface area contributed by atoms with Gasteiger partial charge < -0.3 is 15.2 Å². The zero-order valence-electron chi connectivity index (χ0n) is 15.0. The molecule has 0 aliphatic rings. The molecule has 2 aromatic carbocycles. The van der Waals surface area contributed by atoms with E-state index in [2.05, 4.69) is 77.3 Å². The number of fused-ring (bicyclic) bond motifs is 1. The van der Waals surface area contributed by atoms with E-state index in [0.717, 1.165) is 25.5 Å². The normalized spacial score (nSPS) is 11.7. The molecular formula is C21H26N4. The van der Waals surface area contributed by atoms with E-state index >= 15 is 0 Å². The van der Waals surface area contributed by atoms with Gasteiger partial charge >= 0.3 is 0 Å². The summed E-state index contributed by atoms with van der Waals surface area (Å²) in [5, 5.41) is 9.39. The molecule has 3 rings (SSSR count). The van der Waals surface area contributed by atoms with Crippen LogP contribution in [-0.2, 0) is 20.0 Å². The second kappa shape index (κ2) is 8.38. The van der Waals surface area contributed by atoms with Gasteiger partial charge in [0, 0.05) is 32.5 Å². The molecule has 0 aliphatic heterocycles. The van der Waals surface area contributed by atoms with Crippen LogP contribution in [0.5, 0.6) is 0 Å². The summed E-state index contributed by atoms with van der Waals surface area (Å²) >= 11 is 0. The maximum absolute atomic E-state index is 4.67. The minimum Gasteiger partial charge on any atom is -0.357 e. The zero-order chi connectivity index (χ0) is 17.5. The van der Waals surface area contributed by atoms with Gasteiger partial charge in [0.15, 0.2) is 5.96 Å². The van der Waals surface area contributed by atoms with Gasteiger partial charge in [-0.3, -0.25) is 0 Å². The Hall–Kier alpha value is -2.75. The van der Waals surface area contributed by atoms with Crippen LogP contribution in [0.15, 0.2) is 65.9 Å². The molecule has 0 aliphatic carbocycles. The Bertz CT molecular complexity index is 842. The predicted molar refractivity (Wildman–Crippen MR) is 106 cm³/mol. The first-order chi connectivity index (χ1) is 12.3. The molecule has 0 atom stereocenters. The van der Waals surface area contributed by atoms with Crippen molar-refractivity contribution in [3.05, 3.63) is 72.1 Å². The van der Waals surface area contributed by atoms with E-state index in [4.69, 9.17) is 0 Å². The molecular weight excluding hydrogens is 308 g/mol. The Labute approximate surface area is 149 Å². The van der Waals surface area contributed by atoms with Crippen LogP contribution in [0.1, 0.15) is 18.1 Å². The Morgan fingerprint density at radius 1 is 1.04 bits per heavy atom. The van der Waals surface area contributed by atoms with Crippen LogP contribution in [0.3, 0.4) is 0 Å². The van der Waals surface area contributed by atoms with Crippen LogP contribution in [0.2, 0.25) is 0 Å². The van der Waals surface area contributed by atoms with Gasteiger partial charge in [-0.05, 0) is 41.3 Å². The number of hydrogen-bond donors (Lipinski definition) is 2. The number of rotatable bonds is 6. The van der Waals surface area contributed by atoms with Gasteiger partial charge in [0.2, 0.25) is 0 Å². The van der Waals surface area contributed by atoms with Gasteiger partial charge in [-0.1, -0.05) is 42.5 Å². The van der Waals surface area contributed by atoms with Crippen LogP contribution in [0.25, 0.3) is 10.8 Å². The Morgan fingerprint density at radius 3 is 2.68 bits per heavy atom. The molecule has 4 nitrogen and oxygen atoms in total. The van der Waals surface area contributed by atoms with E-state index in [1.54, 1.807) is 0 Å². The summed E-state index contributed by atoms with van der Waals surface area (Å²) < 4.78 is 2.05. The van der Waals surface area contributed by atoms with Crippen molar-refractivity contribution in [3.8, 4) is 0 Å². The molecule has 0 amide bonds. The first-order valence-corrected chi connectivity index (χ1v) is 8.86. The monoisotopic (exact) mass is 334 g/mol. The molecule has 1 heterocycles. The maximum atomic E-state index is 4.67. The van der Waals surface area contributed by atoms with E-state index in [1.165, 1.54) is 21.9 Å². The molecule has 2 N–H and O–H groups in total. The summed E-state index contributed by atoms with van der Waals surface area (Å²) in [4.78, 5) is 4.67. The first-order valence-electron chi connectivity index (χ1n) is 8.86. The largest absolute Gasteiger partial charge is 0.357 e. The van der Waals surface area contributed by atoms with Crippen LogP contribution in [0.4, 0.5) is 0 Å². The molecule has 0 saturated heterocycles. The molecule has 0 unspecified atom stereocenters. The molecule has 0 spiro atoms. The quantitative estimate of drug-likeness (QED) is 0.535. The zero-order valence-corrected chi connectivity index (χ0v) is 15.0. The minimum absolute atomic E-state index is 0.685. The third kappa shape index (κ3) is 4.63. The number of aryl methyl sites for hydroxylation is 1. The molecule has 0 fully saturated rings. The van der Waals surface area contributed by atoms with Crippen molar-refractivity contribution in [1.29, 1.82) is 0 Å². The number of guanidine groups is 1. The molecule has 0 bridgehead atoms. The molecule has 4 heteroatoms. The highest BCUT2D eigenvalue weighted by Gasteiger charge is 2.02. The molecule has 130 valence electrons. The van der Waals surface area contributed by atoms with E-state index < -0.39 is 0 Å². The van der Waals surface area contributed by atoms with Crippen molar-refractivity contribution in [3.63, 3.8) is 0 Å². The lowest BCUT2D eigenvalue weighted by Crippen LogP contribution is -2.38. The van der Waals surface area contributed by atoms with Crippen LogP contribution in [-0.4, -0.2) is 23.6 Å². The average molecular weight is 334 g/mol. The SMILES string of the molecule is CCNC(=NCc1ccn(C)c1)NCCc1cccc2ccccc12. The summed E-state index contributed by atoms with van der Waals surface area (Å²) in [6, 6.07) is 17.1. The molecule has 25 heavy (non-hydrogen) atoms. The third-order valence-electron chi connectivity index (χ3n) is 4.22. The van der Waals surface area contributed by atoms with Gasteiger partial charge in [0.1, 0.15) is 0 Å². The Balaban J connectivity index is 1.61. The number of nitrogens with one attached hydrogen (secondary N) is 2. The Kier molecular flexibility index (Phi) is 5.73. The number of aliphatic imine (C=N–C) groups is 1. The molecule has 0 radical (unpaired) electrons. The predicted octanol–water partition coefficient (Wildman–Crippen LogP) is 3.48. The maximum Gasteiger partial charge on any atom is 0.191 e. The summed E-state index contributed by atoms with van der Waals surface area (Å²) in [6.45, 7) is 4.48. The summed E-state index contributed by atoms with van der Waals surface area (Å²) in [5.41, 5.74) is 2.58. The molecule has 3 aromatic rings. The number of hydrogen-bond acceptors (Lipinski definition) is 1. The van der Waals surface area contributed by atoms with E-state index in [1.807, 2.05) is 17.8 Å². The van der Waals surface area contributed by atoms with Gasteiger partial charge in [0.25, 0.3) is 0 Å². The summed E-state index contributed by atoms with van der Waals surface area (Å²) in [5.74, 6) is 0.867. The fraction of sp³-hybridized carbons (Fsp3) is 0.286. The second-order valence-corrected chi connectivity index (χ2v) is 6.20. The van der Waals surface area contributed by atoms with Gasteiger partial charge in [0.05, 0.1) is 6.54 Å². The average Bonchev–Trinajstić information content (AvgIpc) is 3.05. The van der Waals surface area contributed by atoms with Gasteiger partial charge in [-0.25, -0.2) is 4.99 Å². The fourth-order valence-corrected chi connectivity index (χ4v) is 2.99. The second-order valence-electron chi connectivity index (χ2n) is 6.20. The lowest BCUT2D eigenvalue weighted by Gasteiger charge is -2.12. The lowest BCUT2D eigenvalue weighted by molar-refractivity contribution is 0.801. The molecule has 1 aromatic heterocycles. The standard InChI is InChI=1S/C21H26N4/c1-3-22-21(24-15-17-12-14-25(2)16-17)23-13-11-19-9-6-8-18-7-4-5-10-20(18)19/h4-10,12,14,16H,3,11,13,15H2,1-2H3,(H2,22,23,24). The van der Waals surface area contributed by atoms with Crippen LogP contribution < -0.4 is 10.6 Å².